The van der Waals surface area contributed by atoms with E-state index in [2.05, 4.69) is 10.6 Å². The molecule has 3 N–H and O–H groups in total. The van der Waals surface area contributed by atoms with E-state index < -0.39 is 18.0 Å². The standard InChI is InChI=1S/C15H22N2O4/c1-11(12-7-4-3-5-8-12)16-15(20)17-13(14(18)19)9-6-10-21-2/h3-5,7-8,11,13H,6,9-10H2,1-2H3,(H,18,19)(H2,16,17,20). The van der Waals surface area contributed by atoms with E-state index in [4.69, 9.17) is 9.84 Å². The first-order valence-electron chi connectivity index (χ1n) is 6.88. The first-order valence-corrected chi connectivity index (χ1v) is 6.88. The van der Waals surface area contributed by atoms with Crippen molar-refractivity contribution >= 4 is 12.0 Å². The number of carboxylic acid groups (broad SMARTS) is 1. The predicted octanol–water partition coefficient (Wildman–Crippen LogP) is 1.93. The summed E-state index contributed by atoms with van der Waals surface area (Å²) in [5, 5.41) is 14.3. The van der Waals surface area contributed by atoms with Crippen molar-refractivity contribution in [3.8, 4) is 0 Å². The van der Waals surface area contributed by atoms with Gasteiger partial charge in [0.25, 0.3) is 0 Å². The molecule has 1 aromatic rings. The first kappa shape index (κ1) is 17.0. The number of carboxylic acids is 1. The average Bonchev–Trinajstić information content (AvgIpc) is 2.47. The highest BCUT2D eigenvalue weighted by Crippen LogP contribution is 2.10. The highest BCUT2D eigenvalue weighted by Gasteiger charge is 2.20. The zero-order valence-corrected chi connectivity index (χ0v) is 12.3. The molecular formula is C15H22N2O4. The van der Waals surface area contributed by atoms with E-state index in [9.17, 15) is 9.59 Å². The fourth-order valence-corrected chi connectivity index (χ4v) is 1.91. The molecule has 0 spiro atoms. The summed E-state index contributed by atoms with van der Waals surface area (Å²) in [6.07, 6.45) is 0.901. The van der Waals surface area contributed by atoms with Crippen molar-refractivity contribution in [3.05, 3.63) is 35.9 Å². The summed E-state index contributed by atoms with van der Waals surface area (Å²) in [5.41, 5.74) is 0.957. The van der Waals surface area contributed by atoms with Crippen molar-refractivity contribution in [1.29, 1.82) is 0 Å². The van der Waals surface area contributed by atoms with Crippen LogP contribution < -0.4 is 10.6 Å². The number of rotatable bonds is 8. The first-order chi connectivity index (χ1) is 10.0. The second kappa shape index (κ2) is 8.97. The number of amides is 2. The number of nitrogens with one attached hydrogen (secondary N) is 2. The van der Waals surface area contributed by atoms with Crippen LogP contribution in [0.4, 0.5) is 4.79 Å². The van der Waals surface area contributed by atoms with E-state index >= 15 is 0 Å². The van der Waals surface area contributed by atoms with Crippen LogP contribution in [0.5, 0.6) is 0 Å². The van der Waals surface area contributed by atoms with Gasteiger partial charge in [-0.25, -0.2) is 9.59 Å². The Morgan fingerprint density at radius 2 is 1.90 bits per heavy atom. The maximum atomic E-state index is 11.9. The van der Waals surface area contributed by atoms with E-state index in [1.807, 2.05) is 37.3 Å². The zero-order valence-electron chi connectivity index (χ0n) is 12.3. The van der Waals surface area contributed by atoms with Gasteiger partial charge in [0.2, 0.25) is 0 Å². The van der Waals surface area contributed by atoms with Crippen molar-refractivity contribution in [3.63, 3.8) is 0 Å². The molecule has 0 aliphatic heterocycles. The Bertz CT molecular complexity index is 450. The third kappa shape index (κ3) is 6.27. The highest BCUT2D eigenvalue weighted by molar-refractivity contribution is 5.82. The van der Waals surface area contributed by atoms with Gasteiger partial charge in [0.15, 0.2) is 0 Å². The van der Waals surface area contributed by atoms with Gasteiger partial charge in [-0.1, -0.05) is 30.3 Å². The maximum Gasteiger partial charge on any atom is 0.326 e. The van der Waals surface area contributed by atoms with E-state index in [0.29, 0.717) is 19.4 Å². The number of carbonyl (C=O) groups excluding carboxylic acids is 1. The van der Waals surface area contributed by atoms with Crippen LogP contribution in [0.1, 0.15) is 31.4 Å². The smallest absolute Gasteiger partial charge is 0.326 e. The molecule has 6 heteroatoms. The molecule has 2 amide bonds. The Balaban J connectivity index is 2.48. The van der Waals surface area contributed by atoms with Crippen molar-refractivity contribution in [2.45, 2.75) is 31.8 Å². The molecule has 0 aliphatic carbocycles. The number of ether oxygens (including phenoxy) is 1. The number of hydrogen-bond acceptors (Lipinski definition) is 3. The Morgan fingerprint density at radius 1 is 1.24 bits per heavy atom. The van der Waals surface area contributed by atoms with E-state index in [0.717, 1.165) is 5.56 Å². The van der Waals surface area contributed by atoms with Crippen LogP contribution in [0.25, 0.3) is 0 Å². The third-order valence-electron chi connectivity index (χ3n) is 3.09. The Morgan fingerprint density at radius 3 is 2.48 bits per heavy atom. The molecule has 2 unspecified atom stereocenters. The van der Waals surface area contributed by atoms with E-state index in [1.54, 1.807) is 7.11 Å². The van der Waals surface area contributed by atoms with Gasteiger partial charge in [0.05, 0.1) is 6.04 Å². The average molecular weight is 294 g/mol. The molecular weight excluding hydrogens is 272 g/mol. The van der Waals surface area contributed by atoms with Crippen LogP contribution in [0.2, 0.25) is 0 Å². The lowest BCUT2D eigenvalue weighted by Gasteiger charge is -2.18. The van der Waals surface area contributed by atoms with Crippen molar-refractivity contribution < 1.29 is 19.4 Å². The number of methoxy groups -OCH3 is 1. The van der Waals surface area contributed by atoms with Gasteiger partial charge >= 0.3 is 12.0 Å². The number of carbonyl (C=O) groups is 2. The molecule has 0 radical (unpaired) electrons. The second-order valence-electron chi connectivity index (χ2n) is 4.78. The van der Waals surface area contributed by atoms with Gasteiger partial charge in [0, 0.05) is 13.7 Å². The van der Waals surface area contributed by atoms with E-state index in [-0.39, 0.29) is 6.04 Å². The number of benzene rings is 1. The van der Waals surface area contributed by atoms with Crippen LogP contribution in [-0.2, 0) is 9.53 Å². The van der Waals surface area contributed by atoms with Crippen molar-refractivity contribution in [2.24, 2.45) is 0 Å². The molecule has 0 fully saturated rings. The monoisotopic (exact) mass is 294 g/mol. The van der Waals surface area contributed by atoms with Gasteiger partial charge in [-0.15, -0.1) is 0 Å². The molecule has 21 heavy (non-hydrogen) atoms. The predicted molar refractivity (Wildman–Crippen MR) is 79.1 cm³/mol. The lowest BCUT2D eigenvalue weighted by molar-refractivity contribution is -0.139. The fraction of sp³-hybridized carbons (Fsp3) is 0.467. The zero-order chi connectivity index (χ0) is 15.7. The summed E-state index contributed by atoms with van der Waals surface area (Å²) in [7, 11) is 1.55. The SMILES string of the molecule is COCCCC(NC(=O)NC(C)c1ccccc1)C(=O)O. The highest BCUT2D eigenvalue weighted by atomic mass is 16.5. The Hall–Kier alpha value is -2.08. The quantitative estimate of drug-likeness (QED) is 0.639. The molecule has 0 aliphatic rings. The lowest BCUT2D eigenvalue weighted by atomic mass is 10.1. The summed E-state index contributed by atoms with van der Waals surface area (Å²) >= 11 is 0. The largest absolute Gasteiger partial charge is 0.480 e. The van der Waals surface area contributed by atoms with Crippen molar-refractivity contribution in [1.82, 2.24) is 10.6 Å². The molecule has 0 aromatic heterocycles. The van der Waals surface area contributed by atoms with Crippen LogP contribution in [0.15, 0.2) is 30.3 Å². The van der Waals surface area contributed by atoms with Gasteiger partial charge in [-0.3, -0.25) is 0 Å². The van der Waals surface area contributed by atoms with Gasteiger partial charge < -0.3 is 20.5 Å². The molecule has 0 bridgehead atoms. The molecule has 116 valence electrons. The van der Waals surface area contributed by atoms with Crippen LogP contribution in [0, 0.1) is 0 Å². The van der Waals surface area contributed by atoms with Crippen LogP contribution in [0.3, 0.4) is 0 Å². The minimum absolute atomic E-state index is 0.195. The van der Waals surface area contributed by atoms with Crippen LogP contribution in [-0.4, -0.2) is 36.9 Å². The van der Waals surface area contributed by atoms with E-state index in [1.165, 1.54) is 0 Å². The third-order valence-corrected chi connectivity index (χ3v) is 3.09. The molecule has 1 rings (SSSR count). The molecule has 6 nitrogen and oxygen atoms in total. The summed E-state index contributed by atoms with van der Waals surface area (Å²) in [4.78, 5) is 23.0. The minimum atomic E-state index is -1.05. The number of urea groups is 1. The normalized spacial score (nSPS) is 13.2. The van der Waals surface area contributed by atoms with Crippen molar-refractivity contribution in [2.75, 3.05) is 13.7 Å². The fourth-order valence-electron chi connectivity index (χ4n) is 1.91. The summed E-state index contributed by atoms with van der Waals surface area (Å²) < 4.78 is 4.88. The Kier molecular flexibility index (Phi) is 7.25. The van der Waals surface area contributed by atoms with Gasteiger partial charge in [-0.2, -0.15) is 0 Å². The Labute approximate surface area is 124 Å². The molecule has 0 heterocycles. The second-order valence-corrected chi connectivity index (χ2v) is 4.78. The summed E-state index contributed by atoms with van der Waals surface area (Å²) in [5.74, 6) is -1.05. The topological polar surface area (TPSA) is 87.7 Å². The summed E-state index contributed by atoms with van der Waals surface area (Å²) in [6.45, 7) is 2.31. The molecule has 1 aromatic carbocycles. The number of aliphatic carboxylic acids is 1. The summed E-state index contributed by atoms with van der Waals surface area (Å²) in [6, 6.07) is 7.87. The number of hydrogen-bond donors (Lipinski definition) is 3. The lowest BCUT2D eigenvalue weighted by Crippen LogP contribution is -2.46. The molecule has 0 saturated heterocycles. The van der Waals surface area contributed by atoms with Gasteiger partial charge in [-0.05, 0) is 25.3 Å². The maximum absolute atomic E-state index is 11.9. The molecule has 0 saturated carbocycles. The van der Waals surface area contributed by atoms with Gasteiger partial charge in [0.1, 0.15) is 6.04 Å². The molecule has 2 atom stereocenters. The van der Waals surface area contributed by atoms with Crippen LogP contribution >= 0.6 is 0 Å². The minimum Gasteiger partial charge on any atom is -0.480 e.